The minimum absolute atomic E-state index is 0.140. The first kappa shape index (κ1) is 20.4. The van der Waals surface area contributed by atoms with Crippen LogP contribution in [0, 0.1) is 6.92 Å². The average Bonchev–Trinajstić information content (AvgIpc) is 3.20. The van der Waals surface area contributed by atoms with E-state index in [1.807, 2.05) is 30.5 Å². The molecule has 2 N–H and O–H groups in total. The van der Waals surface area contributed by atoms with E-state index in [2.05, 4.69) is 43.1 Å². The van der Waals surface area contributed by atoms with Gasteiger partial charge < -0.3 is 14.8 Å². The summed E-state index contributed by atoms with van der Waals surface area (Å²) in [6, 6.07) is 7.65. The van der Waals surface area contributed by atoms with Crippen LogP contribution < -0.4 is 20.3 Å². The van der Waals surface area contributed by atoms with Crippen molar-refractivity contribution in [3.63, 3.8) is 0 Å². The van der Waals surface area contributed by atoms with Gasteiger partial charge in [0.05, 0.1) is 0 Å². The number of nitrogens with zero attached hydrogens (tertiary/aromatic N) is 2. The molecule has 0 atom stereocenters. The molecule has 0 spiro atoms. The van der Waals surface area contributed by atoms with Crippen molar-refractivity contribution in [2.75, 3.05) is 18.7 Å². The van der Waals surface area contributed by atoms with Gasteiger partial charge in [0.2, 0.25) is 12.7 Å². The summed E-state index contributed by atoms with van der Waals surface area (Å²) in [5, 5.41) is 3.19. The predicted octanol–water partition coefficient (Wildman–Crippen LogP) is 3.99. The Kier molecular flexibility index (Phi) is 6.32. The predicted molar refractivity (Wildman–Crippen MR) is 118 cm³/mol. The van der Waals surface area contributed by atoms with Crippen molar-refractivity contribution in [2.24, 2.45) is 0 Å². The van der Waals surface area contributed by atoms with Gasteiger partial charge in [0.1, 0.15) is 0 Å². The molecular weight excluding hydrogens is 448 g/mol. The zero-order valence-electron chi connectivity index (χ0n) is 16.7. The van der Waals surface area contributed by atoms with Crippen LogP contribution in [0.1, 0.15) is 35.2 Å². The zero-order valence-corrected chi connectivity index (χ0v) is 18.3. The average molecular weight is 471 g/mol. The fourth-order valence-corrected chi connectivity index (χ4v) is 3.68. The molecule has 3 heterocycles. The maximum atomic E-state index is 12.4. The number of rotatable bonds is 8. The number of anilines is 1. The Morgan fingerprint density at radius 2 is 2.03 bits per heavy atom. The topological polar surface area (TPSA) is 89.1 Å². The molecule has 0 radical (unpaired) electrons. The summed E-state index contributed by atoms with van der Waals surface area (Å²) in [5.41, 5.74) is 3.75. The molecule has 156 valence electrons. The van der Waals surface area contributed by atoms with Crippen molar-refractivity contribution in [1.29, 1.82) is 0 Å². The smallest absolute Gasteiger partial charge is 0.255 e. The molecule has 1 aliphatic heterocycles. The van der Waals surface area contributed by atoms with Crippen LogP contribution in [0.25, 0.3) is 0 Å². The Bertz CT molecular complexity index is 1100. The molecule has 0 unspecified atom stereocenters. The van der Waals surface area contributed by atoms with Crippen LogP contribution in [0.15, 0.2) is 45.9 Å². The van der Waals surface area contributed by atoms with Gasteiger partial charge in [-0.25, -0.2) is 4.98 Å². The van der Waals surface area contributed by atoms with Gasteiger partial charge in [0.25, 0.3) is 5.56 Å². The second kappa shape index (κ2) is 9.30. The fourth-order valence-electron chi connectivity index (χ4n) is 3.34. The second-order valence-corrected chi connectivity index (χ2v) is 8.05. The summed E-state index contributed by atoms with van der Waals surface area (Å²) in [4.78, 5) is 24.0. The first-order valence-corrected chi connectivity index (χ1v) is 10.7. The second-order valence-electron chi connectivity index (χ2n) is 7.20. The van der Waals surface area contributed by atoms with Crippen molar-refractivity contribution < 1.29 is 9.47 Å². The van der Waals surface area contributed by atoms with E-state index in [0.29, 0.717) is 23.7 Å². The van der Waals surface area contributed by atoms with E-state index in [-0.39, 0.29) is 12.4 Å². The number of benzene rings is 1. The normalized spacial score (nSPS) is 12.2. The summed E-state index contributed by atoms with van der Waals surface area (Å²) in [7, 11) is 0. The van der Waals surface area contributed by atoms with E-state index >= 15 is 0 Å². The summed E-state index contributed by atoms with van der Waals surface area (Å²) >= 11 is 3.54. The standard InChI is InChI=1S/C22H23BrN4O3/c1-14-17(23)7-9-24-18(14)4-2-3-8-25-22-26-12-16(21(28)27-22)10-15-5-6-19-20(11-15)30-13-29-19/h5-7,9,11-12H,2-4,8,10,13H2,1H3,(H2,25,26,27,28). The highest BCUT2D eigenvalue weighted by Crippen LogP contribution is 2.32. The third kappa shape index (κ3) is 4.81. The van der Waals surface area contributed by atoms with Crippen molar-refractivity contribution in [2.45, 2.75) is 32.6 Å². The van der Waals surface area contributed by atoms with Gasteiger partial charge in [-0.3, -0.25) is 14.8 Å². The maximum absolute atomic E-state index is 12.4. The number of ether oxygens (including phenoxy) is 2. The number of fused-ring (bicyclic) bond motifs is 1. The number of hydrogen-bond acceptors (Lipinski definition) is 6. The molecule has 0 fully saturated rings. The molecule has 4 rings (SSSR count). The third-order valence-electron chi connectivity index (χ3n) is 5.08. The lowest BCUT2D eigenvalue weighted by molar-refractivity contribution is 0.174. The summed E-state index contributed by atoms with van der Waals surface area (Å²) in [6.07, 6.45) is 6.81. The van der Waals surface area contributed by atoms with E-state index < -0.39 is 0 Å². The first-order chi connectivity index (χ1) is 14.6. The molecule has 1 aliphatic rings. The highest BCUT2D eigenvalue weighted by atomic mass is 79.9. The van der Waals surface area contributed by atoms with E-state index in [1.54, 1.807) is 6.20 Å². The number of hydrogen-bond donors (Lipinski definition) is 2. The summed E-state index contributed by atoms with van der Waals surface area (Å²) in [6.45, 7) is 3.04. The number of aryl methyl sites for hydroxylation is 1. The number of H-pyrrole nitrogens is 1. The first-order valence-electron chi connectivity index (χ1n) is 9.91. The van der Waals surface area contributed by atoms with E-state index in [9.17, 15) is 4.79 Å². The van der Waals surface area contributed by atoms with Gasteiger partial charge in [-0.2, -0.15) is 0 Å². The lowest BCUT2D eigenvalue weighted by Gasteiger charge is -2.08. The van der Waals surface area contributed by atoms with Crippen molar-refractivity contribution in [3.05, 3.63) is 73.9 Å². The van der Waals surface area contributed by atoms with E-state index in [0.717, 1.165) is 47.3 Å². The Balaban J connectivity index is 1.27. The number of nitrogens with one attached hydrogen (secondary N) is 2. The SMILES string of the molecule is Cc1c(Br)ccnc1CCCCNc1ncc(Cc2ccc3c(c2)OCO3)c(=O)[nH]1. The Morgan fingerprint density at radius 1 is 1.17 bits per heavy atom. The lowest BCUT2D eigenvalue weighted by Crippen LogP contribution is -2.17. The van der Waals surface area contributed by atoms with Gasteiger partial charge in [0, 0.05) is 41.1 Å². The number of aromatic nitrogens is 3. The number of halogens is 1. The van der Waals surface area contributed by atoms with Crippen LogP contribution in [-0.2, 0) is 12.8 Å². The number of unbranched alkanes of at least 4 members (excludes halogenated alkanes) is 1. The summed E-state index contributed by atoms with van der Waals surface area (Å²) in [5.74, 6) is 1.94. The number of aromatic amines is 1. The van der Waals surface area contributed by atoms with E-state index in [4.69, 9.17) is 9.47 Å². The van der Waals surface area contributed by atoms with Crippen LogP contribution in [-0.4, -0.2) is 28.3 Å². The minimum atomic E-state index is -0.140. The van der Waals surface area contributed by atoms with Crippen LogP contribution >= 0.6 is 15.9 Å². The highest BCUT2D eigenvalue weighted by molar-refractivity contribution is 9.10. The molecule has 7 nitrogen and oxygen atoms in total. The van der Waals surface area contributed by atoms with Gasteiger partial charge in [-0.1, -0.05) is 22.0 Å². The van der Waals surface area contributed by atoms with Crippen LogP contribution in [0.5, 0.6) is 11.5 Å². The van der Waals surface area contributed by atoms with Gasteiger partial charge in [-0.15, -0.1) is 0 Å². The molecule has 30 heavy (non-hydrogen) atoms. The Labute approximate surface area is 183 Å². The molecule has 2 aromatic heterocycles. The largest absolute Gasteiger partial charge is 0.454 e. The van der Waals surface area contributed by atoms with Gasteiger partial charge >= 0.3 is 0 Å². The summed E-state index contributed by atoms with van der Waals surface area (Å²) < 4.78 is 11.8. The minimum Gasteiger partial charge on any atom is -0.454 e. The quantitative estimate of drug-likeness (QED) is 0.483. The van der Waals surface area contributed by atoms with Crippen LogP contribution in [0.4, 0.5) is 5.95 Å². The van der Waals surface area contributed by atoms with Gasteiger partial charge in [-0.05, 0) is 55.5 Å². The van der Waals surface area contributed by atoms with Crippen molar-refractivity contribution in [3.8, 4) is 11.5 Å². The fraction of sp³-hybridized carbons (Fsp3) is 0.318. The lowest BCUT2D eigenvalue weighted by atomic mass is 10.1. The van der Waals surface area contributed by atoms with Crippen LogP contribution in [0.3, 0.4) is 0 Å². The highest BCUT2D eigenvalue weighted by Gasteiger charge is 2.14. The van der Waals surface area contributed by atoms with Gasteiger partial charge in [0.15, 0.2) is 11.5 Å². The Morgan fingerprint density at radius 3 is 2.90 bits per heavy atom. The molecule has 0 bridgehead atoms. The molecule has 0 saturated heterocycles. The molecule has 0 saturated carbocycles. The third-order valence-corrected chi connectivity index (χ3v) is 5.94. The molecule has 0 aliphatic carbocycles. The molecule has 3 aromatic rings. The monoisotopic (exact) mass is 470 g/mol. The zero-order chi connectivity index (χ0) is 20.9. The molecule has 0 amide bonds. The van der Waals surface area contributed by atoms with Crippen LogP contribution in [0.2, 0.25) is 0 Å². The number of pyridine rings is 1. The van der Waals surface area contributed by atoms with E-state index in [1.165, 1.54) is 5.56 Å². The van der Waals surface area contributed by atoms with Crippen molar-refractivity contribution in [1.82, 2.24) is 15.0 Å². The maximum Gasteiger partial charge on any atom is 0.255 e. The molecule has 1 aromatic carbocycles. The molecular formula is C22H23BrN4O3. The van der Waals surface area contributed by atoms with Crippen molar-refractivity contribution >= 4 is 21.9 Å². The Hall–Kier alpha value is -2.87. The molecule has 8 heteroatoms.